The molecule has 5 nitrogen and oxygen atoms in total. The Morgan fingerprint density at radius 1 is 0.852 bits per heavy atom. The molecule has 1 atom stereocenters. The number of carbonyl (C=O) groups is 2. The Morgan fingerprint density at radius 3 is 2.19 bits per heavy atom. The topological polar surface area (TPSA) is 43.9 Å². The highest BCUT2D eigenvalue weighted by Crippen LogP contribution is 2.26. The molecule has 2 amide bonds. The summed E-state index contributed by atoms with van der Waals surface area (Å²) in [7, 11) is 0. The molecule has 1 aromatic carbocycles. The molecule has 0 radical (unpaired) electrons. The van der Waals surface area contributed by atoms with Crippen molar-refractivity contribution in [2.75, 3.05) is 39.3 Å². The molecular formula is C22H31N3O2. The first-order valence-electron chi connectivity index (χ1n) is 10.5. The second-order valence-electron chi connectivity index (χ2n) is 8.31. The third kappa shape index (κ3) is 4.03. The molecule has 0 unspecified atom stereocenters. The van der Waals surface area contributed by atoms with E-state index < -0.39 is 0 Å². The number of amides is 2. The Bertz CT molecular complexity index is 689. The number of carbonyl (C=O) groups excluding carboxylic acids is 2. The van der Waals surface area contributed by atoms with Crippen molar-refractivity contribution in [2.24, 2.45) is 5.92 Å². The van der Waals surface area contributed by atoms with Crippen LogP contribution in [0, 0.1) is 5.92 Å². The fourth-order valence-electron chi connectivity index (χ4n) is 5.00. The van der Waals surface area contributed by atoms with E-state index in [0.717, 1.165) is 58.5 Å². The zero-order valence-electron chi connectivity index (χ0n) is 16.4. The van der Waals surface area contributed by atoms with Gasteiger partial charge < -0.3 is 9.80 Å². The summed E-state index contributed by atoms with van der Waals surface area (Å²) < 4.78 is 0. The molecule has 0 aromatic heterocycles. The average molecular weight is 370 g/mol. The van der Waals surface area contributed by atoms with E-state index >= 15 is 0 Å². The fraction of sp³-hybridized carbons (Fsp3) is 0.636. The average Bonchev–Trinajstić information content (AvgIpc) is 2.73. The van der Waals surface area contributed by atoms with Gasteiger partial charge in [-0.3, -0.25) is 14.5 Å². The molecule has 0 bridgehead atoms. The molecule has 2 saturated heterocycles. The second-order valence-corrected chi connectivity index (χ2v) is 8.31. The number of piperidine rings is 1. The maximum Gasteiger partial charge on any atom is 0.225 e. The second kappa shape index (κ2) is 8.01. The predicted molar refractivity (Wildman–Crippen MR) is 105 cm³/mol. The highest BCUT2D eigenvalue weighted by Gasteiger charge is 2.33. The van der Waals surface area contributed by atoms with Gasteiger partial charge in [0.1, 0.15) is 0 Å². The lowest BCUT2D eigenvalue weighted by atomic mass is 9.87. The third-order valence-electron chi connectivity index (χ3n) is 6.75. The highest BCUT2D eigenvalue weighted by atomic mass is 16.2. The van der Waals surface area contributed by atoms with Gasteiger partial charge in [0.25, 0.3) is 0 Å². The van der Waals surface area contributed by atoms with E-state index in [-0.39, 0.29) is 11.8 Å². The molecule has 27 heavy (non-hydrogen) atoms. The normalized spacial score (nSPS) is 24.6. The first-order chi connectivity index (χ1) is 13.1. The van der Waals surface area contributed by atoms with E-state index in [9.17, 15) is 9.59 Å². The minimum absolute atomic E-state index is 0.105. The number of nitrogens with zero attached hydrogens (tertiary/aromatic N) is 3. The Balaban J connectivity index is 1.27. The first kappa shape index (κ1) is 18.5. The maximum atomic E-state index is 12.9. The van der Waals surface area contributed by atoms with E-state index in [2.05, 4.69) is 34.1 Å². The standard InChI is InChI=1S/C22H31N3O2/c1-17(26)23-10-8-19(9-11-23)22(27)25-14-12-24(13-15-25)21-7-6-18-4-2-3-5-20(18)16-21/h2-5,19,21H,6-16H2,1H3/t21-/m0/s1. The third-order valence-corrected chi connectivity index (χ3v) is 6.75. The van der Waals surface area contributed by atoms with E-state index in [1.165, 1.54) is 24.0 Å². The molecule has 1 aliphatic carbocycles. The summed E-state index contributed by atoms with van der Waals surface area (Å²) in [5, 5.41) is 0. The SMILES string of the molecule is CC(=O)N1CCC(C(=O)N2CCN([C@H]3CCc4ccccc4C3)CC2)CC1. The molecule has 2 heterocycles. The van der Waals surface area contributed by atoms with Gasteiger partial charge in [0.15, 0.2) is 0 Å². The molecule has 0 N–H and O–H groups in total. The van der Waals surface area contributed by atoms with Gasteiger partial charge in [-0.15, -0.1) is 0 Å². The molecule has 0 saturated carbocycles. The number of benzene rings is 1. The molecule has 1 aromatic rings. The molecule has 0 spiro atoms. The fourth-order valence-corrected chi connectivity index (χ4v) is 5.00. The van der Waals surface area contributed by atoms with Crippen molar-refractivity contribution in [3.05, 3.63) is 35.4 Å². The zero-order valence-corrected chi connectivity index (χ0v) is 16.4. The van der Waals surface area contributed by atoms with Crippen LogP contribution in [0.4, 0.5) is 0 Å². The summed E-state index contributed by atoms with van der Waals surface area (Å²) in [6, 6.07) is 9.45. The highest BCUT2D eigenvalue weighted by molar-refractivity contribution is 5.80. The van der Waals surface area contributed by atoms with Crippen molar-refractivity contribution in [3.8, 4) is 0 Å². The van der Waals surface area contributed by atoms with Crippen LogP contribution in [0.2, 0.25) is 0 Å². The number of fused-ring (bicyclic) bond motifs is 1. The van der Waals surface area contributed by atoms with Crippen molar-refractivity contribution >= 4 is 11.8 Å². The lowest BCUT2D eigenvalue weighted by Crippen LogP contribution is -2.54. The van der Waals surface area contributed by atoms with Crippen LogP contribution >= 0.6 is 0 Å². The van der Waals surface area contributed by atoms with Gasteiger partial charge in [-0.25, -0.2) is 0 Å². The minimum Gasteiger partial charge on any atom is -0.343 e. The van der Waals surface area contributed by atoms with Crippen molar-refractivity contribution in [1.29, 1.82) is 0 Å². The van der Waals surface area contributed by atoms with Gasteiger partial charge in [-0.2, -0.15) is 0 Å². The summed E-state index contributed by atoms with van der Waals surface area (Å²) in [4.78, 5) is 30.9. The largest absolute Gasteiger partial charge is 0.343 e. The maximum absolute atomic E-state index is 12.9. The van der Waals surface area contributed by atoms with Crippen LogP contribution in [0.25, 0.3) is 0 Å². The number of rotatable bonds is 2. The van der Waals surface area contributed by atoms with Crippen LogP contribution in [-0.4, -0.2) is 71.8 Å². The van der Waals surface area contributed by atoms with Crippen LogP contribution in [0.3, 0.4) is 0 Å². The van der Waals surface area contributed by atoms with E-state index in [1.807, 2.05) is 4.90 Å². The number of hydrogen-bond acceptors (Lipinski definition) is 3. The van der Waals surface area contributed by atoms with Crippen LogP contribution in [-0.2, 0) is 22.4 Å². The van der Waals surface area contributed by atoms with Gasteiger partial charge in [-0.05, 0) is 43.2 Å². The summed E-state index contributed by atoms with van der Waals surface area (Å²) in [6.45, 7) is 6.76. The van der Waals surface area contributed by atoms with Gasteiger partial charge in [0.2, 0.25) is 11.8 Å². The van der Waals surface area contributed by atoms with Gasteiger partial charge >= 0.3 is 0 Å². The molecule has 5 heteroatoms. The van der Waals surface area contributed by atoms with Crippen LogP contribution < -0.4 is 0 Å². The van der Waals surface area contributed by atoms with Gasteiger partial charge in [0.05, 0.1) is 0 Å². The van der Waals surface area contributed by atoms with Gasteiger partial charge in [0, 0.05) is 58.2 Å². The molecule has 146 valence electrons. The van der Waals surface area contributed by atoms with E-state index in [0.29, 0.717) is 11.9 Å². The van der Waals surface area contributed by atoms with Crippen molar-refractivity contribution < 1.29 is 9.59 Å². The monoisotopic (exact) mass is 369 g/mol. The minimum atomic E-state index is 0.105. The van der Waals surface area contributed by atoms with Crippen LogP contribution in [0.5, 0.6) is 0 Å². The van der Waals surface area contributed by atoms with Crippen molar-refractivity contribution in [2.45, 2.75) is 45.1 Å². The Kier molecular flexibility index (Phi) is 5.48. The summed E-state index contributed by atoms with van der Waals surface area (Å²) in [6.07, 6.45) is 5.19. The Labute approximate surface area is 162 Å². The van der Waals surface area contributed by atoms with Gasteiger partial charge in [-0.1, -0.05) is 24.3 Å². The van der Waals surface area contributed by atoms with Crippen molar-refractivity contribution in [1.82, 2.24) is 14.7 Å². The Hall–Kier alpha value is -1.88. The lowest BCUT2D eigenvalue weighted by molar-refractivity contribution is -0.141. The lowest BCUT2D eigenvalue weighted by Gasteiger charge is -2.42. The quantitative estimate of drug-likeness (QED) is 0.800. The first-order valence-corrected chi connectivity index (χ1v) is 10.5. The van der Waals surface area contributed by atoms with E-state index in [1.54, 1.807) is 6.92 Å². The molecular weight excluding hydrogens is 338 g/mol. The smallest absolute Gasteiger partial charge is 0.225 e. The summed E-state index contributed by atoms with van der Waals surface area (Å²) in [5.74, 6) is 0.545. The summed E-state index contributed by atoms with van der Waals surface area (Å²) >= 11 is 0. The van der Waals surface area contributed by atoms with Crippen molar-refractivity contribution in [3.63, 3.8) is 0 Å². The number of piperazine rings is 1. The number of aryl methyl sites for hydroxylation is 1. The van der Waals surface area contributed by atoms with Crippen LogP contribution in [0.15, 0.2) is 24.3 Å². The molecule has 2 aliphatic heterocycles. The number of hydrogen-bond donors (Lipinski definition) is 0. The molecule has 3 aliphatic rings. The number of likely N-dealkylation sites (tertiary alicyclic amines) is 1. The zero-order chi connectivity index (χ0) is 18.8. The predicted octanol–water partition coefficient (Wildman–Crippen LogP) is 1.95. The van der Waals surface area contributed by atoms with E-state index in [4.69, 9.17) is 0 Å². The molecule has 4 rings (SSSR count). The molecule has 2 fully saturated rings. The Morgan fingerprint density at radius 2 is 1.52 bits per heavy atom. The van der Waals surface area contributed by atoms with Crippen LogP contribution in [0.1, 0.15) is 37.3 Å². The summed E-state index contributed by atoms with van der Waals surface area (Å²) in [5.41, 5.74) is 3.02.